The van der Waals surface area contributed by atoms with E-state index in [-0.39, 0.29) is 0 Å². The van der Waals surface area contributed by atoms with Gasteiger partial charge in [0, 0.05) is 0 Å². The minimum atomic E-state index is 1.16. The molecule has 0 aromatic heterocycles. The Bertz CT molecular complexity index is 114. The monoisotopic (exact) mass is 202 g/mol. The normalized spacial score (nSPS) is 11.6. The van der Waals surface area contributed by atoms with Crippen LogP contribution in [0.2, 0.25) is 0 Å². The topological polar surface area (TPSA) is 0 Å². The van der Waals surface area contributed by atoms with Crippen molar-refractivity contribution in [3.63, 3.8) is 0 Å². The molecular formula is C9H15Br. The number of allylic oxidation sites excluding steroid dienone is 2. The standard InChI is InChI=1S/C9H15Br/c1-3-5-6-7-9(4-2)8-10/h4,8H,2-3,5-7H2,1H3/b9-8+. The quantitative estimate of drug-likeness (QED) is 0.467. The molecule has 0 rings (SSSR count). The molecule has 0 spiro atoms. The van der Waals surface area contributed by atoms with Gasteiger partial charge in [-0.2, -0.15) is 0 Å². The minimum Gasteiger partial charge on any atom is -0.0988 e. The summed E-state index contributed by atoms with van der Waals surface area (Å²) in [6.45, 7) is 5.93. The summed E-state index contributed by atoms with van der Waals surface area (Å²) in [7, 11) is 0. The van der Waals surface area contributed by atoms with Gasteiger partial charge in [0.15, 0.2) is 0 Å². The van der Waals surface area contributed by atoms with E-state index in [2.05, 4.69) is 29.4 Å². The molecule has 0 N–H and O–H groups in total. The van der Waals surface area contributed by atoms with Gasteiger partial charge in [-0.15, -0.1) is 0 Å². The highest BCUT2D eigenvalue weighted by Gasteiger charge is 1.89. The maximum absolute atomic E-state index is 3.71. The smallest absolute Gasteiger partial charge is 0.0157 e. The van der Waals surface area contributed by atoms with Gasteiger partial charge in [-0.25, -0.2) is 0 Å². The fourth-order valence-electron chi connectivity index (χ4n) is 0.780. The Balaban J connectivity index is 3.36. The molecule has 0 aromatic rings. The summed E-state index contributed by atoms with van der Waals surface area (Å²) in [5.74, 6) is 0. The van der Waals surface area contributed by atoms with Crippen LogP contribution in [0.25, 0.3) is 0 Å². The highest BCUT2D eigenvalue weighted by atomic mass is 79.9. The van der Waals surface area contributed by atoms with Crippen LogP contribution in [0.4, 0.5) is 0 Å². The highest BCUT2D eigenvalue weighted by molar-refractivity contribution is 9.11. The van der Waals surface area contributed by atoms with E-state index < -0.39 is 0 Å². The molecule has 0 aliphatic heterocycles. The summed E-state index contributed by atoms with van der Waals surface area (Å²) in [5.41, 5.74) is 1.30. The van der Waals surface area contributed by atoms with E-state index in [1.165, 1.54) is 24.8 Å². The van der Waals surface area contributed by atoms with Crippen molar-refractivity contribution in [1.29, 1.82) is 0 Å². The van der Waals surface area contributed by atoms with Crippen molar-refractivity contribution in [3.05, 3.63) is 23.2 Å². The largest absolute Gasteiger partial charge is 0.0988 e. The van der Waals surface area contributed by atoms with E-state index >= 15 is 0 Å². The Morgan fingerprint density at radius 3 is 2.60 bits per heavy atom. The highest BCUT2D eigenvalue weighted by Crippen LogP contribution is 2.10. The average Bonchev–Trinajstić information content (AvgIpc) is 1.99. The number of unbranched alkanes of at least 4 members (excludes halogenated alkanes) is 2. The Hall–Kier alpha value is -0.0400. The van der Waals surface area contributed by atoms with Crippen molar-refractivity contribution in [2.45, 2.75) is 32.6 Å². The molecule has 0 aliphatic carbocycles. The van der Waals surface area contributed by atoms with Crippen molar-refractivity contribution in [3.8, 4) is 0 Å². The first-order valence-corrected chi connectivity index (χ1v) is 4.68. The molecule has 0 saturated carbocycles. The zero-order valence-corrected chi connectivity index (χ0v) is 8.15. The Labute approximate surface area is 72.1 Å². The lowest BCUT2D eigenvalue weighted by Crippen LogP contribution is -1.77. The Morgan fingerprint density at radius 2 is 2.20 bits per heavy atom. The van der Waals surface area contributed by atoms with Crippen LogP contribution in [-0.4, -0.2) is 0 Å². The molecule has 0 radical (unpaired) electrons. The summed E-state index contributed by atoms with van der Waals surface area (Å²) in [4.78, 5) is 1.95. The van der Waals surface area contributed by atoms with Gasteiger partial charge in [-0.3, -0.25) is 0 Å². The Kier molecular flexibility index (Phi) is 7.04. The second-order valence-corrected chi connectivity index (χ2v) is 2.80. The second-order valence-electron chi connectivity index (χ2n) is 2.35. The molecule has 0 bridgehead atoms. The van der Waals surface area contributed by atoms with Gasteiger partial charge in [0.1, 0.15) is 0 Å². The van der Waals surface area contributed by atoms with Gasteiger partial charge in [0.25, 0.3) is 0 Å². The summed E-state index contributed by atoms with van der Waals surface area (Å²) in [6.07, 6.45) is 6.94. The van der Waals surface area contributed by atoms with Gasteiger partial charge in [-0.05, 0) is 23.4 Å². The molecule has 10 heavy (non-hydrogen) atoms. The molecule has 0 aromatic carbocycles. The van der Waals surface area contributed by atoms with Gasteiger partial charge in [-0.1, -0.05) is 48.4 Å². The SMILES string of the molecule is C=C/C(=C\Br)CCCCC. The summed E-state index contributed by atoms with van der Waals surface area (Å²) in [6, 6.07) is 0. The molecule has 0 amide bonds. The van der Waals surface area contributed by atoms with Crippen molar-refractivity contribution in [2.75, 3.05) is 0 Å². The van der Waals surface area contributed by atoms with E-state index in [1.807, 2.05) is 11.1 Å². The molecule has 0 unspecified atom stereocenters. The minimum absolute atomic E-state index is 1.16. The molecule has 0 atom stereocenters. The molecule has 0 fully saturated rings. The van der Waals surface area contributed by atoms with Crippen LogP contribution in [0.1, 0.15) is 32.6 Å². The van der Waals surface area contributed by atoms with Crippen LogP contribution in [0.15, 0.2) is 23.2 Å². The maximum Gasteiger partial charge on any atom is -0.0157 e. The lowest BCUT2D eigenvalue weighted by atomic mass is 10.1. The van der Waals surface area contributed by atoms with Crippen LogP contribution in [0, 0.1) is 0 Å². The van der Waals surface area contributed by atoms with Crippen molar-refractivity contribution in [1.82, 2.24) is 0 Å². The zero-order chi connectivity index (χ0) is 7.82. The second kappa shape index (κ2) is 7.07. The molecule has 0 nitrogen and oxygen atoms in total. The summed E-state index contributed by atoms with van der Waals surface area (Å²) in [5, 5.41) is 0. The predicted octanol–water partition coefficient (Wildman–Crippen LogP) is 4.03. The number of hydrogen-bond acceptors (Lipinski definition) is 0. The van der Waals surface area contributed by atoms with Crippen molar-refractivity contribution >= 4 is 15.9 Å². The van der Waals surface area contributed by atoms with E-state index in [4.69, 9.17) is 0 Å². The van der Waals surface area contributed by atoms with Gasteiger partial charge < -0.3 is 0 Å². The zero-order valence-electron chi connectivity index (χ0n) is 6.57. The Morgan fingerprint density at radius 1 is 1.50 bits per heavy atom. The number of hydrogen-bond donors (Lipinski definition) is 0. The van der Waals surface area contributed by atoms with E-state index in [1.54, 1.807) is 0 Å². The first kappa shape index (κ1) is 9.96. The lowest BCUT2D eigenvalue weighted by molar-refractivity contribution is 0.720. The maximum atomic E-state index is 3.71. The van der Waals surface area contributed by atoms with Gasteiger partial charge >= 0.3 is 0 Å². The van der Waals surface area contributed by atoms with E-state index in [0.717, 1.165) is 6.42 Å². The number of rotatable bonds is 5. The summed E-state index contributed by atoms with van der Waals surface area (Å²) >= 11 is 3.29. The lowest BCUT2D eigenvalue weighted by Gasteiger charge is -1.97. The van der Waals surface area contributed by atoms with Crippen molar-refractivity contribution in [2.24, 2.45) is 0 Å². The molecule has 58 valence electrons. The molecule has 0 saturated heterocycles. The van der Waals surface area contributed by atoms with Crippen LogP contribution in [0.3, 0.4) is 0 Å². The van der Waals surface area contributed by atoms with E-state index in [0.29, 0.717) is 0 Å². The first-order valence-electron chi connectivity index (χ1n) is 3.76. The fourth-order valence-corrected chi connectivity index (χ4v) is 1.20. The van der Waals surface area contributed by atoms with Crippen LogP contribution < -0.4 is 0 Å². The molecular weight excluding hydrogens is 188 g/mol. The van der Waals surface area contributed by atoms with Crippen LogP contribution in [-0.2, 0) is 0 Å². The third kappa shape index (κ3) is 4.80. The molecule has 1 heteroatoms. The van der Waals surface area contributed by atoms with Gasteiger partial charge in [0.2, 0.25) is 0 Å². The summed E-state index contributed by atoms with van der Waals surface area (Å²) < 4.78 is 0. The molecule has 0 heterocycles. The van der Waals surface area contributed by atoms with Gasteiger partial charge in [0.05, 0.1) is 0 Å². The van der Waals surface area contributed by atoms with Crippen LogP contribution >= 0.6 is 15.9 Å². The third-order valence-corrected chi connectivity index (χ3v) is 2.06. The average molecular weight is 203 g/mol. The predicted molar refractivity (Wildman–Crippen MR) is 51.3 cm³/mol. The number of halogens is 1. The third-order valence-electron chi connectivity index (χ3n) is 1.47. The first-order chi connectivity index (χ1) is 4.85. The van der Waals surface area contributed by atoms with Crippen molar-refractivity contribution < 1.29 is 0 Å². The molecule has 0 aliphatic rings. The fraction of sp³-hybridized carbons (Fsp3) is 0.556. The van der Waals surface area contributed by atoms with Crippen LogP contribution in [0.5, 0.6) is 0 Å². The van der Waals surface area contributed by atoms with E-state index in [9.17, 15) is 0 Å².